The largest absolute Gasteiger partial charge is 0.508 e. The molecule has 0 saturated heterocycles. The van der Waals surface area contributed by atoms with Gasteiger partial charge in [0, 0.05) is 0 Å². The molecule has 0 atom stereocenters. The number of benzene rings is 3. The SMILES string of the molecule is O=C(OCc1ccccc1)C1=C(c2ccccc2)CCCc2ccc(O)cc21. The molecule has 3 aromatic carbocycles. The zero-order valence-electron chi connectivity index (χ0n) is 15.6. The van der Waals surface area contributed by atoms with Crippen LogP contribution in [0.2, 0.25) is 0 Å². The number of hydrogen-bond donors (Lipinski definition) is 1. The number of aryl methyl sites for hydroxylation is 1. The Morgan fingerprint density at radius 3 is 2.36 bits per heavy atom. The molecule has 1 N–H and O–H groups in total. The highest BCUT2D eigenvalue weighted by atomic mass is 16.5. The third kappa shape index (κ3) is 3.84. The number of hydrogen-bond acceptors (Lipinski definition) is 3. The Morgan fingerprint density at radius 2 is 1.61 bits per heavy atom. The van der Waals surface area contributed by atoms with Crippen LogP contribution in [0.15, 0.2) is 78.9 Å². The van der Waals surface area contributed by atoms with Gasteiger partial charge in [0.15, 0.2) is 0 Å². The molecule has 0 aromatic heterocycles. The van der Waals surface area contributed by atoms with Gasteiger partial charge in [-0.15, -0.1) is 0 Å². The van der Waals surface area contributed by atoms with Crippen LogP contribution in [-0.2, 0) is 22.6 Å². The lowest BCUT2D eigenvalue weighted by atomic mass is 9.92. The van der Waals surface area contributed by atoms with Crippen LogP contribution in [0.4, 0.5) is 0 Å². The van der Waals surface area contributed by atoms with Crippen molar-refractivity contribution in [1.82, 2.24) is 0 Å². The standard InChI is InChI=1S/C25H22O3/c26-21-15-14-20-12-7-13-22(19-10-5-2-6-11-19)24(23(20)16-21)25(27)28-17-18-8-3-1-4-9-18/h1-6,8-11,14-16,26H,7,12-13,17H2. The summed E-state index contributed by atoms with van der Waals surface area (Å²) in [5, 5.41) is 10.1. The van der Waals surface area contributed by atoms with Crippen LogP contribution < -0.4 is 0 Å². The molecule has 1 aliphatic carbocycles. The van der Waals surface area contributed by atoms with E-state index in [9.17, 15) is 9.90 Å². The molecule has 0 aliphatic heterocycles. The third-order valence-corrected chi connectivity index (χ3v) is 5.08. The summed E-state index contributed by atoms with van der Waals surface area (Å²) in [7, 11) is 0. The Morgan fingerprint density at radius 1 is 0.893 bits per heavy atom. The van der Waals surface area contributed by atoms with Crippen molar-refractivity contribution in [3.63, 3.8) is 0 Å². The fourth-order valence-corrected chi connectivity index (χ4v) is 3.71. The van der Waals surface area contributed by atoms with Gasteiger partial charge < -0.3 is 9.84 Å². The number of ether oxygens (including phenoxy) is 1. The van der Waals surface area contributed by atoms with Crippen molar-refractivity contribution in [2.45, 2.75) is 25.9 Å². The Kier molecular flexibility index (Phi) is 5.24. The normalized spacial score (nSPS) is 13.6. The van der Waals surface area contributed by atoms with Crippen molar-refractivity contribution in [1.29, 1.82) is 0 Å². The second-order valence-electron chi connectivity index (χ2n) is 6.98. The summed E-state index contributed by atoms with van der Waals surface area (Å²) in [5.74, 6) is -0.196. The summed E-state index contributed by atoms with van der Waals surface area (Å²) in [6.45, 7) is 0.222. The number of fused-ring (bicyclic) bond motifs is 1. The molecule has 3 nitrogen and oxygen atoms in total. The van der Waals surface area contributed by atoms with Crippen LogP contribution in [0, 0.1) is 0 Å². The molecule has 0 saturated carbocycles. The molecular weight excluding hydrogens is 348 g/mol. The second kappa shape index (κ2) is 8.13. The van der Waals surface area contributed by atoms with Gasteiger partial charge >= 0.3 is 5.97 Å². The third-order valence-electron chi connectivity index (χ3n) is 5.08. The van der Waals surface area contributed by atoms with Gasteiger partial charge in [-0.2, -0.15) is 0 Å². The first-order chi connectivity index (χ1) is 13.7. The van der Waals surface area contributed by atoms with E-state index in [0.29, 0.717) is 5.57 Å². The van der Waals surface area contributed by atoms with E-state index in [1.54, 1.807) is 12.1 Å². The summed E-state index contributed by atoms with van der Waals surface area (Å²) in [6.07, 6.45) is 2.59. The highest BCUT2D eigenvalue weighted by Gasteiger charge is 2.25. The van der Waals surface area contributed by atoms with Crippen molar-refractivity contribution in [3.05, 3.63) is 101 Å². The summed E-state index contributed by atoms with van der Waals surface area (Å²) in [6, 6.07) is 24.9. The fraction of sp³-hybridized carbons (Fsp3) is 0.160. The molecule has 1 aliphatic rings. The molecule has 0 amide bonds. The second-order valence-corrected chi connectivity index (χ2v) is 6.98. The van der Waals surface area contributed by atoms with Crippen LogP contribution in [0.5, 0.6) is 5.75 Å². The van der Waals surface area contributed by atoms with Crippen molar-refractivity contribution >= 4 is 17.1 Å². The molecule has 0 heterocycles. The molecule has 0 fully saturated rings. The maximum atomic E-state index is 13.2. The first kappa shape index (κ1) is 18.1. The number of esters is 1. The maximum absolute atomic E-state index is 13.2. The molecule has 4 rings (SSSR count). The van der Waals surface area contributed by atoms with E-state index >= 15 is 0 Å². The Balaban J connectivity index is 1.78. The van der Waals surface area contributed by atoms with E-state index in [-0.39, 0.29) is 18.3 Å². The Bertz CT molecular complexity index is 1000. The number of rotatable bonds is 4. The lowest BCUT2D eigenvalue weighted by molar-refractivity contribution is -0.137. The number of aromatic hydroxyl groups is 1. The molecule has 3 aromatic rings. The van der Waals surface area contributed by atoms with E-state index in [1.807, 2.05) is 66.7 Å². The fourth-order valence-electron chi connectivity index (χ4n) is 3.71. The number of carbonyl (C=O) groups excluding carboxylic acids is 1. The first-order valence-corrected chi connectivity index (χ1v) is 9.54. The topological polar surface area (TPSA) is 46.5 Å². The zero-order chi connectivity index (χ0) is 19.3. The molecule has 0 unspecified atom stereocenters. The molecule has 0 bridgehead atoms. The van der Waals surface area contributed by atoms with Crippen molar-refractivity contribution in [2.75, 3.05) is 0 Å². The van der Waals surface area contributed by atoms with Gasteiger partial charge in [-0.05, 0) is 59.2 Å². The molecule has 28 heavy (non-hydrogen) atoms. The van der Waals surface area contributed by atoms with Crippen LogP contribution in [0.1, 0.15) is 35.1 Å². The lowest BCUT2D eigenvalue weighted by Gasteiger charge is -2.15. The van der Waals surface area contributed by atoms with E-state index in [4.69, 9.17) is 4.74 Å². The summed E-state index contributed by atoms with van der Waals surface area (Å²) < 4.78 is 5.69. The summed E-state index contributed by atoms with van der Waals surface area (Å²) >= 11 is 0. The average Bonchev–Trinajstić information content (AvgIpc) is 2.92. The molecular formula is C25H22O3. The molecule has 0 spiro atoms. The zero-order valence-corrected chi connectivity index (χ0v) is 15.6. The monoisotopic (exact) mass is 370 g/mol. The first-order valence-electron chi connectivity index (χ1n) is 9.54. The summed E-state index contributed by atoms with van der Waals surface area (Å²) in [5.41, 5.74) is 5.34. The maximum Gasteiger partial charge on any atom is 0.339 e. The molecule has 0 radical (unpaired) electrons. The van der Waals surface area contributed by atoms with Gasteiger partial charge in [0.1, 0.15) is 12.4 Å². The van der Waals surface area contributed by atoms with Gasteiger partial charge in [-0.1, -0.05) is 66.7 Å². The van der Waals surface area contributed by atoms with Crippen molar-refractivity contribution < 1.29 is 14.6 Å². The highest BCUT2D eigenvalue weighted by Crippen LogP contribution is 2.38. The van der Waals surface area contributed by atoms with Crippen LogP contribution in [0.25, 0.3) is 11.1 Å². The highest BCUT2D eigenvalue weighted by molar-refractivity contribution is 6.25. The smallest absolute Gasteiger partial charge is 0.339 e. The van der Waals surface area contributed by atoms with Crippen LogP contribution in [0.3, 0.4) is 0 Å². The van der Waals surface area contributed by atoms with E-state index in [1.165, 1.54) is 0 Å². The summed E-state index contributed by atoms with van der Waals surface area (Å²) in [4.78, 5) is 13.2. The predicted molar refractivity (Wildman–Crippen MR) is 111 cm³/mol. The van der Waals surface area contributed by atoms with E-state index in [2.05, 4.69) is 0 Å². The predicted octanol–water partition coefficient (Wildman–Crippen LogP) is 5.38. The van der Waals surface area contributed by atoms with Gasteiger partial charge in [0.2, 0.25) is 0 Å². The number of carbonyl (C=O) groups is 1. The molecule has 140 valence electrons. The van der Waals surface area contributed by atoms with E-state index < -0.39 is 0 Å². The van der Waals surface area contributed by atoms with Gasteiger partial charge in [-0.25, -0.2) is 4.79 Å². The minimum atomic E-state index is -0.351. The number of allylic oxidation sites excluding steroid dienone is 1. The minimum Gasteiger partial charge on any atom is -0.508 e. The van der Waals surface area contributed by atoms with Gasteiger partial charge in [0.05, 0.1) is 5.57 Å². The quantitative estimate of drug-likeness (QED) is 0.627. The minimum absolute atomic E-state index is 0.154. The van der Waals surface area contributed by atoms with Gasteiger partial charge in [-0.3, -0.25) is 0 Å². The van der Waals surface area contributed by atoms with Crippen molar-refractivity contribution in [3.8, 4) is 5.75 Å². The Labute approximate surface area is 164 Å². The number of phenols is 1. The Hall–Kier alpha value is -3.33. The average molecular weight is 370 g/mol. The molecule has 3 heteroatoms. The lowest BCUT2D eigenvalue weighted by Crippen LogP contribution is -2.10. The van der Waals surface area contributed by atoms with Crippen LogP contribution >= 0.6 is 0 Å². The van der Waals surface area contributed by atoms with Gasteiger partial charge in [0.25, 0.3) is 0 Å². The van der Waals surface area contributed by atoms with E-state index in [0.717, 1.165) is 47.1 Å². The number of phenolic OH excluding ortho intramolecular Hbond substituents is 1. The van der Waals surface area contributed by atoms with Crippen molar-refractivity contribution in [2.24, 2.45) is 0 Å². The van der Waals surface area contributed by atoms with Crippen LogP contribution in [-0.4, -0.2) is 11.1 Å².